The predicted octanol–water partition coefficient (Wildman–Crippen LogP) is 0.995. The van der Waals surface area contributed by atoms with Gasteiger partial charge < -0.3 is 29.5 Å². The smallest absolute Gasteiger partial charge is 0.331 e. The first-order valence-corrected chi connectivity index (χ1v) is 13.9. The summed E-state index contributed by atoms with van der Waals surface area (Å²) in [5.41, 5.74) is 2.38. The first-order chi connectivity index (χ1) is 19.5. The van der Waals surface area contributed by atoms with E-state index in [0.717, 1.165) is 64.5 Å². The quantitative estimate of drug-likeness (QED) is 0.293. The number of nitrogens with zero attached hydrogens (tertiary/aromatic N) is 4. The van der Waals surface area contributed by atoms with Crippen LogP contribution in [0.15, 0.2) is 72.8 Å². The van der Waals surface area contributed by atoms with Crippen molar-refractivity contribution in [3.8, 4) is 0 Å². The molecule has 0 aromatic heterocycles. The fraction of sp³-hybridized carbons (Fsp3) is 0.467. The number of hydrogen-bond donors (Lipinski definition) is 2. The second-order valence-electron chi connectivity index (χ2n) is 10.1. The van der Waals surface area contributed by atoms with Crippen LogP contribution in [0.1, 0.15) is 0 Å². The number of carbonyl (C=O) groups is 2. The van der Waals surface area contributed by atoms with E-state index in [1.807, 2.05) is 36.4 Å². The predicted molar refractivity (Wildman–Crippen MR) is 153 cm³/mol. The molecule has 0 radical (unpaired) electrons. The Morgan fingerprint density at radius 2 is 0.975 bits per heavy atom. The van der Waals surface area contributed by atoms with Crippen molar-refractivity contribution in [2.75, 3.05) is 88.5 Å². The largest absolute Gasteiger partial charge is 0.460 e. The highest BCUT2D eigenvalue weighted by molar-refractivity contribution is 5.91. The molecule has 0 saturated carbocycles. The van der Waals surface area contributed by atoms with Gasteiger partial charge in [0.1, 0.15) is 25.4 Å². The number of anilines is 2. The summed E-state index contributed by atoms with van der Waals surface area (Å²) in [5, 5.41) is 20.6. The minimum Gasteiger partial charge on any atom is -0.460 e. The maximum atomic E-state index is 12.0. The molecule has 2 aromatic carbocycles. The van der Waals surface area contributed by atoms with Crippen molar-refractivity contribution < 1.29 is 29.3 Å². The highest BCUT2D eigenvalue weighted by Gasteiger charge is 2.21. The van der Waals surface area contributed by atoms with Crippen molar-refractivity contribution in [2.24, 2.45) is 0 Å². The van der Waals surface area contributed by atoms with E-state index in [1.165, 1.54) is 11.4 Å². The summed E-state index contributed by atoms with van der Waals surface area (Å²) in [5.74, 6) is -1.47. The summed E-state index contributed by atoms with van der Waals surface area (Å²) in [6.07, 6.45) is 0.306. The van der Waals surface area contributed by atoms with E-state index in [9.17, 15) is 19.8 Å². The third kappa shape index (κ3) is 9.63. The zero-order valence-electron chi connectivity index (χ0n) is 22.9. The number of aliphatic hydroxyl groups is 2. The van der Waals surface area contributed by atoms with Crippen LogP contribution >= 0.6 is 0 Å². The highest BCUT2D eigenvalue weighted by Crippen LogP contribution is 2.16. The van der Waals surface area contributed by atoms with Crippen LogP contribution in [0.4, 0.5) is 11.4 Å². The maximum Gasteiger partial charge on any atom is 0.331 e. The van der Waals surface area contributed by atoms with Crippen LogP contribution in [-0.4, -0.2) is 123 Å². The Kier molecular flexibility index (Phi) is 11.4. The summed E-state index contributed by atoms with van der Waals surface area (Å²) < 4.78 is 10.1. The normalized spacial score (nSPS) is 18.4. The number of piperazine rings is 2. The van der Waals surface area contributed by atoms with Crippen molar-refractivity contribution in [2.45, 2.75) is 12.2 Å². The summed E-state index contributed by atoms with van der Waals surface area (Å²) >= 11 is 0. The first-order valence-electron chi connectivity index (χ1n) is 13.9. The van der Waals surface area contributed by atoms with Crippen LogP contribution in [-0.2, 0) is 19.1 Å². The number of benzene rings is 2. The van der Waals surface area contributed by atoms with E-state index in [4.69, 9.17) is 9.47 Å². The number of rotatable bonds is 12. The van der Waals surface area contributed by atoms with Gasteiger partial charge in [0.2, 0.25) is 0 Å². The Labute approximate surface area is 236 Å². The molecule has 0 bridgehead atoms. The molecule has 10 nitrogen and oxygen atoms in total. The number of para-hydroxylation sites is 2. The Morgan fingerprint density at radius 3 is 1.32 bits per heavy atom. The summed E-state index contributed by atoms with van der Waals surface area (Å²) in [7, 11) is 0. The number of aliphatic hydroxyl groups excluding tert-OH is 2. The standard InChI is InChI=1S/C30H40N4O6/c35-27(21-31-13-17-33(18-14-31)25-7-3-1-4-8-25)23-39-29(37)11-12-30(38)40-24-28(36)22-32-15-19-34(20-16-32)26-9-5-2-6-10-26/h1-12,27-28,35-36H,13-24H2/b12-11-/t27-,28-/m0/s1. The number of esters is 2. The van der Waals surface area contributed by atoms with Gasteiger partial charge in [0.05, 0.1) is 0 Å². The Morgan fingerprint density at radius 1 is 0.625 bits per heavy atom. The van der Waals surface area contributed by atoms with Gasteiger partial charge in [-0.05, 0) is 24.3 Å². The topological polar surface area (TPSA) is 106 Å². The van der Waals surface area contributed by atoms with Crippen LogP contribution in [0.5, 0.6) is 0 Å². The van der Waals surface area contributed by atoms with E-state index < -0.39 is 24.1 Å². The molecule has 0 spiro atoms. The van der Waals surface area contributed by atoms with Crippen LogP contribution in [0.3, 0.4) is 0 Å². The Bertz CT molecular complexity index is 985. The molecule has 216 valence electrons. The lowest BCUT2D eigenvalue weighted by Crippen LogP contribution is -2.49. The van der Waals surface area contributed by atoms with Crippen molar-refractivity contribution in [3.63, 3.8) is 0 Å². The minimum absolute atomic E-state index is 0.159. The van der Waals surface area contributed by atoms with E-state index in [-0.39, 0.29) is 13.2 Å². The molecule has 10 heteroatoms. The van der Waals surface area contributed by atoms with E-state index in [2.05, 4.69) is 43.9 Å². The summed E-state index contributed by atoms with van der Waals surface area (Å²) in [4.78, 5) is 32.8. The number of carbonyl (C=O) groups excluding carboxylic acids is 2. The molecule has 0 aliphatic carbocycles. The van der Waals surface area contributed by atoms with E-state index in [0.29, 0.717) is 13.1 Å². The third-order valence-corrected chi connectivity index (χ3v) is 7.12. The second-order valence-corrected chi connectivity index (χ2v) is 10.1. The van der Waals surface area contributed by atoms with Crippen molar-refractivity contribution in [1.29, 1.82) is 0 Å². The zero-order valence-corrected chi connectivity index (χ0v) is 22.9. The van der Waals surface area contributed by atoms with Crippen LogP contribution in [0.2, 0.25) is 0 Å². The minimum atomic E-state index is -0.822. The van der Waals surface area contributed by atoms with Gasteiger partial charge in [-0.25, -0.2) is 9.59 Å². The second kappa shape index (κ2) is 15.4. The lowest BCUT2D eigenvalue weighted by Gasteiger charge is -2.36. The molecular weight excluding hydrogens is 512 g/mol. The van der Waals surface area contributed by atoms with Gasteiger partial charge in [0.15, 0.2) is 0 Å². The fourth-order valence-corrected chi connectivity index (χ4v) is 4.95. The molecular formula is C30H40N4O6. The molecule has 2 heterocycles. The van der Waals surface area contributed by atoms with Gasteiger partial charge in [-0.2, -0.15) is 0 Å². The molecule has 4 rings (SSSR count). The van der Waals surface area contributed by atoms with Crippen molar-refractivity contribution >= 4 is 23.3 Å². The van der Waals surface area contributed by atoms with E-state index in [1.54, 1.807) is 0 Å². The lowest BCUT2D eigenvalue weighted by molar-refractivity contribution is -0.143. The molecule has 2 saturated heterocycles. The monoisotopic (exact) mass is 552 g/mol. The summed E-state index contributed by atoms with van der Waals surface area (Å²) in [6.45, 7) is 7.16. The average Bonchev–Trinajstić information content (AvgIpc) is 2.99. The van der Waals surface area contributed by atoms with Crippen LogP contribution in [0, 0.1) is 0 Å². The molecule has 0 amide bonds. The molecule has 2 N–H and O–H groups in total. The SMILES string of the molecule is O=C(/C=C\C(=O)OC[C@@H](O)CN1CCN(c2ccccc2)CC1)OC[C@@H](O)CN1CCN(c2ccccc2)CC1. The van der Waals surface area contributed by atoms with Gasteiger partial charge in [-0.1, -0.05) is 36.4 Å². The van der Waals surface area contributed by atoms with Crippen molar-refractivity contribution in [3.05, 3.63) is 72.8 Å². The highest BCUT2D eigenvalue weighted by atomic mass is 16.5. The van der Waals surface area contributed by atoms with Crippen molar-refractivity contribution in [1.82, 2.24) is 9.80 Å². The number of hydrogen-bond acceptors (Lipinski definition) is 10. The molecule has 2 aromatic rings. The lowest BCUT2D eigenvalue weighted by atomic mass is 10.2. The van der Waals surface area contributed by atoms with Crippen LogP contribution < -0.4 is 9.80 Å². The third-order valence-electron chi connectivity index (χ3n) is 7.12. The molecule has 2 aliphatic heterocycles. The average molecular weight is 553 g/mol. The fourth-order valence-electron chi connectivity index (χ4n) is 4.95. The van der Waals surface area contributed by atoms with Gasteiger partial charge in [-0.3, -0.25) is 9.80 Å². The number of β-amino-alcohol motifs (C(OH)–C–C–N with tert-alkyl or cyclic N) is 2. The summed E-state index contributed by atoms with van der Waals surface area (Å²) in [6, 6.07) is 20.4. The molecule has 0 unspecified atom stereocenters. The Hall–Kier alpha value is -3.44. The van der Waals surface area contributed by atoms with Crippen LogP contribution in [0.25, 0.3) is 0 Å². The first kappa shape index (κ1) is 29.5. The Balaban J connectivity index is 1.05. The zero-order chi connectivity index (χ0) is 28.2. The van der Waals surface area contributed by atoms with Gasteiger partial charge in [-0.15, -0.1) is 0 Å². The maximum absolute atomic E-state index is 12.0. The van der Waals surface area contributed by atoms with Gasteiger partial charge in [0.25, 0.3) is 0 Å². The number of ether oxygens (including phenoxy) is 2. The van der Waals surface area contributed by atoms with Gasteiger partial charge >= 0.3 is 11.9 Å². The van der Waals surface area contributed by atoms with Gasteiger partial charge in [0, 0.05) is 89.0 Å². The van der Waals surface area contributed by atoms with E-state index >= 15 is 0 Å². The molecule has 2 aliphatic rings. The molecule has 2 atom stereocenters. The molecule has 40 heavy (non-hydrogen) atoms. The molecule has 2 fully saturated rings.